The van der Waals surface area contributed by atoms with Gasteiger partial charge in [-0.3, -0.25) is 0 Å². The molecule has 0 aliphatic carbocycles. The monoisotopic (exact) mass is 236 g/mol. The number of nitrogens with one attached hydrogen (secondary N) is 1. The van der Waals surface area contributed by atoms with Gasteiger partial charge in [0.15, 0.2) is 0 Å². The molecule has 0 aromatic carbocycles. The van der Waals surface area contributed by atoms with E-state index in [4.69, 9.17) is 6.42 Å². The third-order valence-corrected chi connectivity index (χ3v) is 3.54. The van der Waals surface area contributed by atoms with Crippen molar-refractivity contribution in [2.75, 3.05) is 26.2 Å². The molecule has 17 heavy (non-hydrogen) atoms. The summed E-state index contributed by atoms with van der Waals surface area (Å²) in [4.78, 5) is 2.61. The van der Waals surface area contributed by atoms with Crippen LogP contribution >= 0.6 is 0 Å². The van der Waals surface area contributed by atoms with Gasteiger partial charge < -0.3 is 10.2 Å². The van der Waals surface area contributed by atoms with E-state index in [1.54, 1.807) is 0 Å². The number of rotatable bonds is 7. The summed E-state index contributed by atoms with van der Waals surface area (Å²) in [5, 5.41) is 3.69. The van der Waals surface area contributed by atoms with E-state index in [9.17, 15) is 0 Å². The first-order valence-corrected chi connectivity index (χ1v) is 7.26. The van der Waals surface area contributed by atoms with Crippen molar-refractivity contribution in [3.05, 3.63) is 0 Å². The summed E-state index contributed by atoms with van der Waals surface area (Å²) in [7, 11) is 0. The molecule has 0 aromatic rings. The number of likely N-dealkylation sites (tertiary alicyclic amines) is 1. The van der Waals surface area contributed by atoms with Crippen molar-refractivity contribution < 1.29 is 0 Å². The number of hydrogen-bond acceptors (Lipinski definition) is 2. The van der Waals surface area contributed by atoms with Crippen molar-refractivity contribution in [1.29, 1.82) is 0 Å². The molecule has 98 valence electrons. The van der Waals surface area contributed by atoms with Gasteiger partial charge in [-0.2, -0.15) is 0 Å². The van der Waals surface area contributed by atoms with E-state index in [0.717, 1.165) is 25.4 Å². The van der Waals surface area contributed by atoms with Crippen molar-refractivity contribution in [1.82, 2.24) is 10.2 Å². The van der Waals surface area contributed by atoms with E-state index in [-0.39, 0.29) is 0 Å². The molecule has 1 atom stereocenters. The van der Waals surface area contributed by atoms with E-state index < -0.39 is 0 Å². The number of nitrogens with zero attached hydrogens (tertiary/aromatic N) is 1. The van der Waals surface area contributed by atoms with Gasteiger partial charge in [-0.25, -0.2) is 0 Å². The molecule has 0 saturated carbocycles. The summed E-state index contributed by atoms with van der Waals surface area (Å²) >= 11 is 0. The third kappa shape index (κ3) is 6.71. The van der Waals surface area contributed by atoms with Crippen LogP contribution < -0.4 is 5.32 Å². The SMILES string of the molecule is C#CCCCCNC1CCCN(CCC)CC1. The van der Waals surface area contributed by atoms with Gasteiger partial charge in [0.05, 0.1) is 0 Å². The maximum absolute atomic E-state index is 5.24. The lowest BCUT2D eigenvalue weighted by Crippen LogP contribution is -2.31. The van der Waals surface area contributed by atoms with Crippen LogP contribution in [0, 0.1) is 12.3 Å². The summed E-state index contributed by atoms with van der Waals surface area (Å²) in [5.41, 5.74) is 0. The molecule has 0 spiro atoms. The zero-order valence-corrected chi connectivity index (χ0v) is 11.4. The average Bonchev–Trinajstić information content (AvgIpc) is 2.55. The van der Waals surface area contributed by atoms with Crippen LogP contribution in [0.2, 0.25) is 0 Å². The number of unbranched alkanes of at least 4 members (excludes halogenated alkanes) is 2. The topological polar surface area (TPSA) is 15.3 Å². The molecule has 1 aliphatic heterocycles. The summed E-state index contributed by atoms with van der Waals surface area (Å²) in [6, 6.07) is 0.739. The Kier molecular flexibility index (Phi) is 8.13. The Morgan fingerprint density at radius 1 is 1.29 bits per heavy atom. The molecule has 2 nitrogen and oxygen atoms in total. The van der Waals surface area contributed by atoms with Gasteiger partial charge in [-0.1, -0.05) is 6.92 Å². The summed E-state index contributed by atoms with van der Waals surface area (Å²) in [6.45, 7) is 7.25. The first-order chi connectivity index (χ1) is 8.36. The van der Waals surface area contributed by atoms with Crippen LogP contribution in [-0.4, -0.2) is 37.1 Å². The van der Waals surface area contributed by atoms with Gasteiger partial charge in [0.1, 0.15) is 0 Å². The largest absolute Gasteiger partial charge is 0.314 e. The average molecular weight is 236 g/mol. The predicted molar refractivity (Wildman–Crippen MR) is 75.1 cm³/mol. The lowest BCUT2D eigenvalue weighted by Gasteiger charge is -2.19. The van der Waals surface area contributed by atoms with Gasteiger partial charge in [-0.05, 0) is 64.7 Å². The molecular weight excluding hydrogens is 208 g/mol. The second-order valence-corrected chi connectivity index (χ2v) is 5.08. The van der Waals surface area contributed by atoms with Crippen LogP contribution in [0.4, 0.5) is 0 Å². The van der Waals surface area contributed by atoms with E-state index in [0.29, 0.717) is 0 Å². The highest BCUT2D eigenvalue weighted by Gasteiger charge is 2.15. The Morgan fingerprint density at radius 2 is 2.18 bits per heavy atom. The van der Waals surface area contributed by atoms with Crippen LogP contribution in [0.15, 0.2) is 0 Å². The first kappa shape index (κ1) is 14.5. The van der Waals surface area contributed by atoms with E-state index in [2.05, 4.69) is 23.1 Å². The highest BCUT2D eigenvalue weighted by atomic mass is 15.1. The Labute approximate surface area is 107 Å². The van der Waals surface area contributed by atoms with Crippen molar-refractivity contribution >= 4 is 0 Å². The standard InChI is InChI=1S/C15H28N2/c1-3-5-6-7-11-16-15-9-8-13-17(12-4-2)14-10-15/h1,15-16H,4-14H2,2H3. The molecule has 0 bridgehead atoms. The molecule has 1 saturated heterocycles. The summed E-state index contributed by atoms with van der Waals surface area (Å²) in [5.74, 6) is 2.70. The molecule has 0 amide bonds. The fourth-order valence-corrected chi connectivity index (χ4v) is 2.56. The second kappa shape index (κ2) is 9.50. The smallest absolute Gasteiger partial charge is 0.00865 e. The van der Waals surface area contributed by atoms with Crippen molar-refractivity contribution in [2.45, 2.75) is 57.9 Å². The molecule has 1 heterocycles. The molecule has 0 radical (unpaired) electrons. The van der Waals surface area contributed by atoms with E-state index >= 15 is 0 Å². The molecule has 1 rings (SSSR count). The minimum Gasteiger partial charge on any atom is -0.314 e. The maximum atomic E-state index is 5.24. The second-order valence-electron chi connectivity index (χ2n) is 5.08. The van der Waals surface area contributed by atoms with E-state index in [1.165, 1.54) is 51.7 Å². The first-order valence-electron chi connectivity index (χ1n) is 7.26. The summed E-state index contributed by atoms with van der Waals surface area (Å²) < 4.78 is 0. The normalized spacial score (nSPS) is 22.0. The highest BCUT2D eigenvalue weighted by Crippen LogP contribution is 2.11. The summed E-state index contributed by atoms with van der Waals surface area (Å²) in [6.07, 6.45) is 13.8. The zero-order valence-electron chi connectivity index (χ0n) is 11.4. The Balaban J connectivity index is 2.08. The van der Waals surface area contributed by atoms with Gasteiger partial charge >= 0.3 is 0 Å². The molecule has 1 fully saturated rings. The number of terminal acetylenes is 1. The fraction of sp³-hybridized carbons (Fsp3) is 0.867. The van der Waals surface area contributed by atoms with Crippen LogP contribution in [-0.2, 0) is 0 Å². The number of hydrogen-bond donors (Lipinski definition) is 1. The minimum atomic E-state index is 0.739. The lowest BCUT2D eigenvalue weighted by molar-refractivity contribution is 0.282. The van der Waals surface area contributed by atoms with Gasteiger partial charge in [-0.15, -0.1) is 12.3 Å². The van der Waals surface area contributed by atoms with Crippen molar-refractivity contribution in [2.24, 2.45) is 0 Å². The molecule has 1 N–H and O–H groups in total. The lowest BCUT2D eigenvalue weighted by atomic mass is 10.1. The molecule has 1 aliphatic rings. The van der Waals surface area contributed by atoms with Crippen LogP contribution in [0.1, 0.15) is 51.9 Å². The maximum Gasteiger partial charge on any atom is 0.00865 e. The van der Waals surface area contributed by atoms with Crippen molar-refractivity contribution in [3.63, 3.8) is 0 Å². The van der Waals surface area contributed by atoms with Gasteiger partial charge in [0.2, 0.25) is 0 Å². The van der Waals surface area contributed by atoms with Gasteiger partial charge in [0.25, 0.3) is 0 Å². The highest BCUT2D eigenvalue weighted by molar-refractivity contribution is 4.83. The van der Waals surface area contributed by atoms with Gasteiger partial charge in [0, 0.05) is 12.5 Å². The predicted octanol–water partition coefficient (Wildman–Crippen LogP) is 2.64. The Hall–Kier alpha value is -0.520. The molecular formula is C15H28N2. The fourth-order valence-electron chi connectivity index (χ4n) is 2.56. The Morgan fingerprint density at radius 3 is 2.94 bits per heavy atom. The van der Waals surface area contributed by atoms with Crippen molar-refractivity contribution in [3.8, 4) is 12.3 Å². The van der Waals surface area contributed by atoms with E-state index in [1.807, 2.05) is 0 Å². The van der Waals surface area contributed by atoms with Crippen LogP contribution in [0.5, 0.6) is 0 Å². The van der Waals surface area contributed by atoms with Crippen LogP contribution in [0.25, 0.3) is 0 Å². The molecule has 1 unspecified atom stereocenters. The third-order valence-electron chi connectivity index (χ3n) is 3.54. The zero-order chi connectivity index (χ0) is 12.3. The quantitative estimate of drug-likeness (QED) is 0.540. The van der Waals surface area contributed by atoms with Crippen LogP contribution in [0.3, 0.4) is 0 Å². The Bertz CT molecular complexity index is 219. The minimum absolute atomic E-state index is 0.739. The molecule has 0 aromatic heterocycles. The molecule has 2 heteroatoms.